The Morgan fingerprint density at radius 3 is 2.43 bits per heavy atom. The maximum Gasteiger partial charge on any atom is 0.151 e. The van der Waals surface area contributed by atoms with Crippen LogP contribution in [0.2, 0.25) is 0 Å². The summed E-state index contributed by atoms with van der Waals surface area (Å²) in [7, 11) is 1.64. The normalized spacial score (nSPS) is 11.3. The number of benzene rings is 2. The highest BCUT2D eigenvalue weighted by Gasteiger charge is 2.05. The topological polar surface area (TPSA) is 97.1 Å². The molecular formula is C16H16N4O. The molecule has 0 unspecified atom stereocenters. The maximum absolute atomic E-state index is 8.90. The molecule has 0 saturated heterocycles. The smallest absolute Gasteiger partial charge is 0.151 e. The third kappa shape index (κ3) is 3.14. The van der Waals surface area contributed by atoms with Gasteiger partial charge in [0.2, 0.25) is 0 Å². The molecule has 0 aromatic heterocycles. The van der Waals surface area contributed by atoms with Gasteiger partial charge in [-0.1, -0.05) is 36.4 Å². The van der Waals surface area contributed by atoms with Crippen molar-refractivity contribution in [3.63, 3.8) is 0 Å². The average Bonchev–Trinajstić information content (AvgIpc) is 2.56. The van der Waals surface area contributed by atoms with Crippen molar-refractivity contribution in [2.45, 2.75) is 0 Å². The molecule has 2 aromatic carbocycles. The van der Waals surface area contributed by atoms with E-state index in [0.29, 0.717) is 5.70 Å². The Morgan fingerprint density at radius 2 is 1.86 bits per heavy atom. The minimum absolute atomic E-state index is 0.143. The van der Waals surface area contributed by atoms with E-state index in [1.807, 2.05) is 54.6 Å². The molecule has 0 amide bonds. The van der Waals surface area contributed by atoms with E-state index in [2.05, 4.69) is 5.43 Å². The molecule has 5 nitrogen and oxygen atoms in total. The molecule has 106 valence electrons. The highest BCUT2D eigenvalue weighted by Crippen LogP contribution is 2.25. The van der Waals surface area contributed by atoms with Crippen LogP contribution in [0.25, 0.3) is 16.8 Å². The summed E-state index contributed by atoms with van der Waals surface area (Å²) < 4.78 is 5.21. The summed E-state index contributed by atoms with van der Waals surface area (Å²) in [6.45, 7) is 0. The van der Waals surface area contributed by atoms with Gasteiger partial charge < -0.3 is 15.9 Å². The second-order valence-electron chi connectivity index (χ2n) is 4.35. The largest absolute Gasteiger partial charge is 0.497 e. The second kappa shape index (κ2) is 6.46. The Balaban J connectivity index is 2.35. The molecule has 5 heteroatoms. The number of ether oxygens (including phenoxy) is 1. The van der Waals surface area contributed by atoms with E-state index in [1.165, 1.54) is 0 Å². The van der Waals surface area contributed by atoms with Crippen molar-refractivity contribution in [1.82, 2.24) is 5.43 Å². The standard InChI is InChI=1S/C16H16N4O/c1-21-14-4-2-3-13(9-14)11-5-7-12(8-6-11)16(18)15(10-17)20-19/h2-9,20H,18-19H2,1H3/b16-15-. The zero-order chi connectivity index (χ0) is 15.2. The molecule has 0 heterocycles. The van der Waals surface area contributed by atoms with Gasteiger partial charge in [0.1, 0.15) is 11.8 Å². The van der Waals surface area contributed by atoms with Gasteiger partial charge in [0.25, 0.3) is 0 Å². The predicted octanol–water partition coefficient (Wildman–Crippen LogP) is 1.98. The lowest BCUT2D eigenvalue weighted by Gasteiger charge is -2.08. The van der Waals surface area contributed by atoms with Crippen molar-refractivity contribution in [2.75, 3.05) is 7.11 Å². The fourth-order valence-electron chi connectivity index (χ4n) is 1.96. The van der Waals surface area contributed by atoms with Crippen LogP contribution in [0.4, 0.5) is 0 Å². The van der Waals surface area contributed by atoms with Crippen LogP contribution < -0.4 is 21.7 Å². The number of nitrogens with one attached hydrogen (secondary N) is 1. The fraction of sp³-hybridized carbons (Fsp3) is 0.0625. The first-order valence-electron chi connectivity index (χ1n) is 6.31. The van der Waals surface area contributed by atoms with E-state index in [1.54, 1.807) is 7.11 Å². The van der Waals surface area contributed by atoms with Gasteiger partial charge >= 0.3 is 0 Å². The number of nitriles is 1. The number of hydrogen-bond acceptors (Lipinski definition) is 5. The van der Waals surface area contributed by atoms with Gasteiger partial charge in [-0.3, -0.25) is 0 Å². The highest BCUT2D eigenvalue weighted by molar-refractivity contribution is 5.72. The lowest BCUT2D eigenvalue weighted by atomic mass is 10.0. The third-order valence-corrected chi connectivity index (χ3v) is 3.12. The van der Waals surface area contributed by atoms with Gasteiger partial charge in [0.15, 0.2) is 5.70 Å². The van der Waals surface area contributed by atoms with Crippen LogP contribution in [0.5, 0.6) is 5.75 Å². The summed E-state index contributed by atoms with van der Waals surface area (Å²) in [5.41, 5.74) is 11.4. The van der Waals surface area contributed by atoms with Crippen molar-refractivity contribution in [3.05, 3.63) is 59.8 Å². The minimum atomic E-state index is 0.143. The monoisotopic (exact) mass is 280 g/mol. The molecule has 0 aliphatic rings. The van der Waals surface area contributed by atoms with Crippen LogP contribution in [0.1, 0.15) is 5.56 Å². The van der Waals surface area contributed by atoms with Crippen LogP contribution in [-0.2, 0) is 0 Å². The number of hydrogen-bond donors (Lipinski definition) is 3. The van der Waals surface area contributed by atoms with Gasteiger partial charge in [-0.2, -0.15) is 5.26 Å². The Bertz CT molecular complexity index is 699. The molecular weight excluding hydrogens is 264 g/mol. The SMILES string of the molecule is COc1cccc(-c2ccc(/C(N)=C(\C#N)NN)cc2)c1. The molecule has 0 aliphatic carbocycles. The zero-order valence-electron chi connectivity index (χ0n) is 11.6. The second-order valence-corrected chi connectivity index (χ2v) is 4.35. The molecule has 21 heavy (non-hydrogen) atoms. The molecule has 2 aromatic rings. The molecule has 5 N–H and O–H groups in total. The molecule has 0 saturated carbocycles. The van der Waals surface area contributed by atoms with Gasteiger partial charge in [-0.25, -0.2) is 5.84 Å². The summed E-state index contributed by atoms with van der Waals surface area (Å²) in [5.74, 6) is 6.05. The number of nitrogens with zero attached hydrogens (tertiary/aromatic N) is 1. The van der Waals surface area contributed by atoms with Gasteiger partial charge in [-0.05, 0) is 23.3 Å². The Hall–Kier alpha value is -2.97. The van der Waals surface area contributed by atoms with E-state index < -0.39 is 0 Å². The van der Waals surface area contributed by atoms with E-state index in [0.717, 1.165) is 22.4 Å². The highest BCUT2D eigenvalue weighted by atomic mass is 16.5. The van der Waals surface area contributed by atoms with Crippen molar-refractivity contribution < 1.29 is 4.74 Å². The molecule has 2 rings (SSSR count). The summed E-state index contributed by atoms with van der Waals surface area (Å²) in [5, 5.41) is 8.90. The van der Waals surface area contributed by atoms with E-state index in [4.69, 9.17) is 21.6 Å². The number of methoxy groups -OCH3 is 1. The summed E-state index contributed by atoms with van der Waals surface area (Å²) >= 11 is 0. The fourth-order valence-corrected chi connectivity index (χ4v) is 1.96. The number of nitrogens with two attached hydrogens (primary N) is 2. The van der Waals surface area contributed by atoms with Gasteiger partial charge in [-0.15, -0.1) is 0 Å². The van der Waals surface area contributed by atoms with E-state index >= 15 is 0 Å². The number of rotatable bonds is 4. The number of hydrazine groups is 1. The van der Waals surface area contributed by atoms with Crippen molar-refractivity contribution in [3.8, 4) is 22.9 Å². The molecule has 0 spiro atoms. The van der Waals surface area contributed by atoms with Crippen LogP contribution in [0.3, 0.4) is 0 Å². The molecule has 0 fully saturated rings. The van der Waals surface area contributed by atoms with E-state index in [9.17, 15) is 0 Å². The third-order valence-electron chi connectivity index (χ3n) is 3.12. The zero-order valence-corrected chi connectivity index (χ0v) is 11.6. The first kappa shape index (κ1) is 14.4. The van der Waals surface area contributed by atoms with Crippen LogP contribution in [0, 0.1) is 11.3 Å². The van der Waals surface area contributed by atoms with Crippen molar-refractivity contribution in [2.24, 2.45) is 11.6 Å². The quantitative estimate of drug-likeness (QED) is 0.452. The lowest BCUT2D eigenvalue weighted by molar-refractivity contribution is 0.415. The van der Waals surface area contributed by atoms with E-state index in [-0.39, 0.29) is 5.70 Å². The van der Waals surface area contributed by atoms with Gasteiger partial charge in [0.05, 0.1) is 12.8 Å². The predicted molar refractivity (Wildman–Crippen MR) is 82.5 cm³/mol. The average molecular weight is 280 g/mol. The van der Waals surface area contributed by atoms with Crippen molar-refractivity contribution in [1.29, 1.82) is 5.26 Å². The molecule has 0 atom stereocenters. The van der Waals surface area contributed by atoms with Crippen LogP contribution in [0.15, 0.2) is 54.2 Å². The first-order chi connectivity index (χ1) is 10.2. The Morgan fingerprint density at radius 1 is 1.14 bits per heavy atom. The number of allylic oxidation sites excluding steroid dienone is 1. The molecule has 0 aliphatic heterocycles. The minimum Gasteiger partial charge on any atom is -0.497 e. The Labute approximate surface area is 123 Å². The van der Waals surface area contributed by atoms with Crippen LogP contribution >= 0.6 is 0 Å². The molecule has 0 radical (unpaired) electrons. The van der Waals surface area contributed by atoms with Crippen molar-refractivity contribution >= 4 is 5.70 Å². The van der Waals surface area contributed by atoms with Gasteiger partial charge in [0, 0.05) is 5.56 Å². The summed E-state index contributed by atoms with van der Waals surface area (Å²) in [4.78, 5) is 0. The Kier molecular flexibility index (Phi) is 4.44. The van der Waals surface area contributed by atoms with Crippen LogP contribution in [-0.4, -0.2) is 7.11 Å². The molecule has 0 bridgehead atoms. The summed E-state index contributed by atoms with van der Waals surface area (Å²) in [6, 6.07) is 17.3. The first-order valence-corrected chi connectivity index (χ1v) is 6.31. The maximum atomic E-state index is 8.90. The lowest BCUT2D eigenvalue weighted by Crippen LogP contribution is -2.23. The summed E-state index contributed by atoms with van der Waals surface area (Å²) in [6.07, 6.45) is 0.